The first-order valence-corrected chi connectivity index (χ1v) is 7.60. The zero-order chi connectivity index (χ0) is 14.2. The molecule has 106 valence electrons. The maximum atomic E-state index is 12.1. The molecule has 2 aromatic rings. The van der Waals surface area contributed by atoms with Gasteiger partial charge in [0.1, 0.15) is 6.04 Å². The molecule has 0 spiro atoms. The van der Waals surface area contributed by atoms with E-state index >= 15 is 0 Å². The Morgan fingerprint density at radius 2 is 2.30 bits per heavy atom. The number of rotatable bonds is 7. The van der Waals surface area contributed by atoms with Gasteiger partial charge in [0.05, 0.1) is 5.03 Å². The van der Waals surface area contributed by atoms with Gasteiger partial charge in [-0.15, -0.1) is 11.8 Å². The normalized spacial score (nSPS) is 12.1. The first-order valence-electron chi connectivity index (χ1n) is 6.62. The zero-order valence-electron chi connectivity index (χ0n) is 11.4. The van der Waals surface area contributed by atoms with Gasteiger partial charge in [-0.25, -0.2) is 4.98 Å². The van der Waals surface area contributed by atoms with Crippen LogP contribution >= 0.6 is 11.8 Å². The molecule has 0 bridgehead atoms. The SMILES string of the molecule is CC[C@@H](C(=O)NCCSc1ccccn1)n1cccn1. The van der Waals surface area contributed by atoms with E-state index in [0.717, 1.165) is 17.2 Å². The number of hydrogen-bond donors (Lipinski definition) is 1. The van der Waals surface area contributed by atoms with Gasteiger partial charge in [-0.1, -0.05) is 13.0 Å². The summed E-state index contributed by atoms with van der Waals surface area (Å²) < 4.78 is 1.70. The number of carbonyl (C=O) groups is 1. The second-order valence-corrected chi connectivity index (χ2v) is 5.33. The van der Waals surface area contributed by atoms with Crippen LogP contribution in [0.25, 0.3) is 0 Å². The largest absolute Gasteiger partial charge is 0.353 e. The van der Waals surface area contributed by atoms with Crippen molar-refractivity contribution in [2.75, 3.05) is 12.3 Å². The summed E-state index contributed by atoms with van der Waals surface area (Å²) in [5, 5.41) is 8.04. The Labute approximate surface area is 122 Å². The van der Waals surface area contributed by atoms with Crippen molar-refractivity contribution in [2.24, 2.45) is 0 Å². The number of aromatic nitrogens is 3. The van der Waals surface area contributed by atoms with Crippen LogP contribution in [0.1, 0.15) is 19.4 Å². The molecule has 0 aromatic carbocycles. The number of hydrogen-bond acceptors (Lipinski definition) is 4. The van der Waals surface area contributed by atoms with Crippen LogP contribution in [0.5, 0.6) is 0 Å². The molecule has 2 rings (SSSR count). The van der Waals surface area contributed by atoms with Crippen LogP contribution in [-0.2, 0) is 4.79 Å². The van der Waals surface area contributed by atoms with Gasteiger partial charge in [0, 0.05) is 30.9 Å². The Morgan fingerprint density at radius 3 is 2.95 bits per heavy atom. The van der Waals surface area contributed by atoms with Gasteiger partial charge in [0.2, 0.25) is 5.91 Å². The van der Waals surface area contributed by atoms with Gasteiger partial charge < -0.3 is 5.32 Å². The predicted molar refractivity (Wildman–Crippen MR) is 79.5 cm³/mol. The van der Waals surface area contributed by atoms with E-state index < -0.39 is 0 Å². The molecule has 0 aliphatic heterocycles. The number of pyridine rings is 1. The van der Waals surface area contributed by atoms with E-state index in [4.69, 9.17) is 0 Å². The molecular weight excluding hydrogens is 272 g/mol. The quantitative estimate of drug-likeness (QED) is 0.627. The molecule has 1 atom stereocenters. The summed E-state index contributed by atoms with van der Waals surface area (Å²) in [4.78, 5) is 16.3. The standard InChI is InChI=1S/C14H18N4OS/c1-2-12(18-10-5-8-17-18)14(19)16-9-11-20-13-6-3-4-7-15-13/h3-8,10,12H,2,9,11H2,1H3,(H,16,19)/t12-/m0/s1. The minimum Gasteiger partial charge on any atom is -0.353 e. The van der Waals surface area contributed by atoms with Gasteiger partial charge in [-0.2, -0.15) is 5.10 Å². The van der Waals surface area contributed by atoms with Crippen molar-refractivity contribution in [2.45, 2.75) is 24.4 Å². The van der Waals surface area contributed by atoms with Gasteiger partial charge in [-0.3, -0.25) is 9.48 Å². The van der Waals surface area contributed by atoms with Crippen molar-refractivity contribution in [3.8, 4) is 0 Å². The molecule has 0 unspecified atom stereocenters. The van der Waals surface area contributed by atoms with E-state index in [1.54, 1.807) is 28.8 Å². The van der Waals surface area contributed by atoms with Crippen LogP contribution in [0, 0.1) is 0 Å². The predicted octanol–water partition coefficient (Wildman–Crippen LogP) is 2.14. The lowest BCUT2D eigenvalue weighted by Gasteiger charge is -2.15. The van der Waals surface area contributed by atoms with Crippen LogP contribution in [-0.4, -0.2) is 33.0 Å². The first kappa shape index (κ1) is 14.6. The number of amides is 1. The highest BCUT2D eigenvalue weighted by atomic mass is 32.2. The van der Waals surface area contributed by atoms with Crippen LogP contribution in [0.3, 0.4) is 0 Å². The summed E-state index contributed by atoms with van der Waals surface area (Å²) in [6.07, 6.45) is 6.00. The fourth-order valence-corrected chi connectivity index (χ4v) is 2.56. The summed E-state index contributed by atoms with van der Waals surface area (Å²) in [6, 6.07) is 7.41. The zero-order valence-corrected chi connectivity index (χ0v) is 12.2. The van der Waals surface area contributed by atoms with E-state index in [0.29, 0.717) is 6.54 Å². The molecule has 0 fully saturated rings. The first-order chi connectivity index (χ1) is 9.81. The molecule has 1 N–H and O–H groups in total. The Bertz CT molecular complexity index is 515. The molecule has 0 saturated heterocycles. The highest BCUT2D eigenvalue weighted by Gasteiger charge is 2.17. The highest BCUT2D eigenvalue weighted by Crippen LogP contribution is 2.13. The third kappa shape index (κ3) is 4.09. The number of nitrogens with one attached hydrogen (secondary N) is 1. The van der Waals surface area contributed by atoms with Crippen LogP contribution in [0.4, 0.5) is 0 Å². The lowest BCUT2D eigenvalue weighted by molar-refractivity contribution is -0.124. The van der Waals surface area contributed by atoms with Crippen LogP contribution in [0.2, 0.25) is 0 Å². The van der Waals surface area contributed by atoms with Gasteiger partial charge in [-0.05, 0) is 24.6 Å². The highest BCUT2D eigenvalue weighted by molar-refractivity contribution is 7.99. The second-order valence-electron chi connectivity index (χ2n) is 4.22. The van der Waals surface area contributed by atoms with E-state index in [9.17, 15) is 4.79 Å². The average molecular weight is 290 g/mol. The van der Waals surface area contributed by atoms with Crippen molar-refractivity contribution in [1.82, 2.24) is 20.1 Å². The minimum atomic E-state index is -0.232. The fourth-order valence-electron chi connectivity index (χ4n) is 1.84. The molecule has 1 amide bonds. The van der Waals surface area contributed by atoms with Crippen molar-refractivity contribution < 1.29 is 4.79 Å². The monoisotopic (exact) mass is 290 g/mol. The maximum Gasteiger partial charge on any atom is 0.244 e. The van der Waals surface area contributed by atoms with Crippen molar-refractivity contribution >= 4 is 17.7 Å². The van der Waals surface area contributed by atoms with E-state index in [2.05, 4.69) is 15.4 Å². The molecule has 20 heavy (non-hydrogen) atoms. The topological polar surface area (TPSA) is 59.8 Å². The van der Waals surface area contributed by atoms with Gasteiger partial charge >= 0.3 is 0 Å². The van der Waals surface area contributed by atoms with E-state index in [1.165, 1.54) is 0 Å². The Morgan fingerprint density at radius 1 is 1.40 bits per heavy atom. The van der Waals surface area contributed by atoms with Crippen molar-refractivity contribution in [1.29, 1.82) is 0 Å². The maximum absolute atomic E-state index is 12.1. The number of carbonyl (C=O) groups excluding carboxylic acids is 1. The number of thioether (sulfide) groups is 1. The Hall–Kier alpha value is -1.82. The molecule has 5 nitrogen and oxygen atoms in total. The molecule has 0 aliphatic rings. The third-order valence-corrected chi connectivity index (χ3v) is 3.77. The summed E-state index contributed by atoms with van der Waals surface area (Å²) in [6.45, 7) is 2.60. The minimum absolute atomic E-state index is 0.0119. The summed E-state index contributed by atoms with van der Waals surface area (Å²) >= 11 is 1.63. The van der Waals surface area contributed by atoms with Gasteiger partial charge in [0.25, 0.3) is 0 Å². The molecule has 2 heterocycles. The summed E-state index contributed by atoms with van der Waals surface area (Å²) in [7, 11) is 0. The molecule has 6 heteroatoms. The fraction of sp³-hybridized carbons (Fsp3) is 0.357. The third-order valence-electron chi connectivity index (χ3n) is 2.82. The van der Waals surface area contributed by atoms with Crippen LogP contribution in [0.15, 0.2) is 47.9 Å². The summed E-state index contributed by atoms with van der Waals surface area (Å²) in [5.74, 6) is 0.816. The lowest BCUT2D eigenvalue weighted by atomic mass is 10.2. The van der Waals surface area contributed by atoms with Crippen LogP contribution < -0.4 is 5.32 Å². The molecule has 0 saturated carbocycles. The molecule has 0 radical (unpaired) electrons. The average Bonchev–Trinajstić information content (AvgIpc) is 2.99. The molecule has 2 aromatic heterocycles. The Kier molecular flexibility index (Phi) is 5.61. The van der Waals surface area contributed by atoms with Gasteiger partial charge in [0.15, 0.2) is 0 Å². The Balaban J connectivity index is 1.74. The van der Waals surface area contributed by atoms with Crippen molar-refractivity contribution in [3.63, 3.8) is 0 Å². The molecular formula is C14H18N4OS. The smallest absolute Gasteiger partial charge is 0.244 e. The van der Waals surface area contributed by atoms with E-state index in [-0.39, 0.29) is 11.9 Å². The number of nitrogens with zero attached hydrogens (tertiary/aromatic N) is 3. The van der Waals surface area contributed by atoms with E-state index in [1.807, 2.05) is 37.4 Å². The summed E-state index contributed by atoms with van der Waals surface area (Å²) in [5.41, 5.74) is 0. The second kappa shape index (κ2) is 7.69. The lowest BCUT2D eigenvalue weighted by Crippen LogP contribution is -2.33. The molecule has 0 aliphatic carbocycles. The van der Waals surface area contributed by atoms with Crippen molar-refractivity contribution in [3.05, 3.63) is 42.9 Å².